The highest BCUT2D eigenvalue weighted by molar-refractivity contribution is 7.22. The summed E-state index contributed by atoms with van der Waals surface area (Å²) in [5.74, 6) is 0.879. The van der Waals surface area contributed by atoms with Crippen LogP contribution in [-0.4, -0.2) is 16.5 Å². The van der Waals surface area contributed by atoms with Gasteiger partial charge in [-0.15, -0.1) is 11.3 Å². The molecule has 0 unspecified atom stereocenters. The summed E-state index contributed by atoms with van der Waals surface area (Å²) in [6.45, 7) is 2.01. The molecule has 1 saturated carbocycles. The number of benzene rings is 2. The normalized spacial score (nSPS) is 13.4. The molecule has 1 aliphatic rings. The van der Waals surface area contributed by atoms with Gasteiger partial charge in [0.15, 0.2) is 0 Å². The molecule has 3 heterocycles. The minimum atomic E-state index is 0.530. The van der Waals surface area contributed by atoms with Crippen molar-refractivity contribution in [3.05, 3.63) is 78.2 Å². The zero-order valence-corrected chi connectivity index (χ0v) is 18.9. The standard InChI is InChI=1S/C27H23N5S/c28-12-20-15-30-16-22(27(20)32-24-3-1-2-23-21(24)8-9-31-23)26-11-19-10-18(6-7-25(19)33-26)14-29-13-17-4-5-17/h1-3,6-11,15-17,29,31H,4-5,13-14H2,(H,30,32). The van der Waals surface area contributed by atoms with E-state index in [9.17, 15) is 5.26 Å². The first kappa shape index (κ1) is 20.0. The maximum Gasteiger partial charge on any atom is 0.103 e. The first-order valence-corrected chi connectivity index (χ1v) is 12.0. The van der Waals surface area contributed by atoms with Crippen LogP contribution in [0.2, 0.25) is 0 Å². The van der Waals surface area contributed by atoms with E-state index in [4.69, 9.17) is 0 Å². The molecule has 5 nitrogen and oxygen atoms in total. The fourth-order valence-electron chi connectivity index (χ4n) is 4.27. The second kappa shape index (κ2) is 8.36. The Morgan fingerprint density at radius 2 is 2.06 bits per heavy atom. The van der Waals surface area contributed by atoms with E-state index in [2.05, 4.69) is 50.9 Å². The summed E-state index contributed by atoms with van der Waals surface area (Å²) >= 11 is 1.73. The molecule has 6 rings (SSSR count). The van der Waals surface area contributed by atoms with Crippen molar-refractivity contribution in [3.63, 3.8) is 0 Å². The van der Waals surface area contributed by atoms with Crippen molar-refractivity contribution in [2.45, 2.75) is 19.4 Å². The van der Waals surface area contributed by atoms with Crippen LogP contribution in [0.1, 0.15) is 24.0 Å². The van der Waals surface area contributed by atoms with Gasteiger partial charge < -0.3 is 15.6 Å². The summed E-state index contributed by atoms with van der Waals surface area (Å²) in [4.78, 5) is 8.71. The number of pyridine rings is 1. The number of nitrogens with zero attached hydrogens (tertiary/aromatic N) is 2. The minimum Gasteiger partial charge on any atom is -0.361 e. The number of aromatic nitrogens is 2. The van der Waals surface area contributed by atoms with Gasteiger partial charge in [-0.1, -0.05) is 12.1 Å². The molecule has 0 radical (unpaired) electrons. The van der Waals surface area contributed by atoms with Crippen molar-refractivity contribution in [1.82, 2.24) is 15.3 Å². The molecular weight excluding hydrogens is 426 g/mol. The zero-order valence-electron chi connectivity index (χ0n) is 18.1. The number of rotatable bonds is 7. The smallest absolute Gasteiger partial charge is 0.103 e. The topological polar surface area (TPSA) is 76.5 Å². The summed E-state index contributed by atoms with van der Waals surface area (Å²) in [5.41, 5.74) is 5.58. The van der Waals surface area contributed by atoms with Crippen molar-refractivity contribution in [2.24, 2.45) is 5.92 Å². The number of H-pyrrole nitrogens is 1. The Bertz CT molecular complexity index is 1500. The second-order valence-electron chi connectivity index (χ2n) is 8.65. The van der Waals surface area contributed by atoms with Crippen molar-refractivity contribution in [2.75, 3.05) is 11.9 Å². The maximum atomic E-state index is 9.80. The van der Waals surface area contributed by atoms with Crippen LogP contribution in [0.25, 0.3) is 31.4 Å². The zero-order chi connectivity index (χ0) is 22.2. The highest BCUT2D eigenvalue weighted by Gasteiger charge is 2.20. The quantitative estimate of drug-likeness (QED) is 0.263. The van der Waals surface area contributed by atoms with Gasteiger partial charge in [0, 0.05) is 56.9 Å². The van der Waals surface area contributed by atoms with Crippen molar-refractivity contribution >= 4 is 43.7 Å². The van der Waals surface area contributed by atoms with Crippen molar-refractivity contribution in [1.29, 1.82) is 5.26 Å². The van der Waals surface area contributed by atoms with E-state index < -0.39 is 0 Å². The Labute approximate surface area is 196 Å². The van der Waals surface area contributed by atoms with Gasteiger partial charge in [-0.3, -0.25) is 4.98 Å². The fraction of sp³-hybridized carbons (Fsp3) is 0.185. The molecule has 0 spiro atoms. The third-order valence-electron chi connectivity index (χ3n) is 6.23. The van der Waals surface area contributed by atoms with Gasteiger partial charge in [-0.05, 0) is 72.7 Å². The molecule has 1 fully saturated rings. The van der Waals surface area contributed by atoms with E-state index in [0.29, 0.717) is 5.56 Å². The van der Waals surface area contributed by atoms with Crippen LogP contribution < -0.4 is 10.6 Å². The number of aromatic amines is 1. The molecule has 5 aromatic rings. The maximum absolute atomic E-state index is 9.80. The van der Waals surface area contributed by atoms with E-state index in [1.807, 2.05) is 36.7 Å². The van der Waals surface area contributed by atoms with E-state index in [0.717, 1.165) is 51.7 Å². The minimum absolute atomic E-state index is 0.530. The van der Waals surface area contributed by atoms with Crippen LogP contribution in [-0.2, 0) is 6.54 Å². The average Bonchev–Trinajstić information content (AvgIpc) is 3.36. The number of anilines is 2. The molecule has 0 bridgehead atoms. The molecule has 2 aromatic carbocycles. The summed E-state index contributed by atoms with van der Waals surface area (Å²) in [6, 6.07) is 19.3. The fourth-order valence-corrected chi connectivity index (χ4v) is 5.33. The predicted molar refractivity (Wildman–Crippen MR) is 136 cm³/mol. The SMILES string of the molecule is N#Cc1cncc(-c2cc3cc(CNCC4CC4)ccc3s2)c1Nc1cccc2[nH]ccc12. The Balaban J connectivity index is 1.36. The van der Waals surface area contributed by atoms with Gasteiger partial charge in [-0.25, -0.2) is 0 Å². The number of nitrogens with one attached hydrogen (secondary N) is 3. The lowest BCUT2D eigenvalue weighted by Gasteiger charge is -2.13. The molecule has 0 saturated heterocycles. The lowest BCUT2D eigenvalue weighted by Crippen LogP contribution is -2.15. The van der Waals surface area contributed by atoms with E-state index in [1.165, 1.54) is 28.5 Å². The van der Waals surface area contributed by atoms with Gasteiger partial charge >= 0.3 is 0 Å². The Morgan fingerprint density at radius 3 is 2.94 bits per heavy atom. The number of hydrogen-bond acceptors (Lipinski definition) is 5. The first-order valence-electron chi connectivity index (χ1n) is 11.2. The predicted octanol–water partition coefficient (Wildman–Crippen LogP) is 6.56. The van der Waals surface area contributed by atoms with E-state index >= 15 is 0 Å². The van der Waals surface area contributed by atoms with Gasteiger partial charge in [0.1, 0.15) is 6.07 Å². The van der Waals surface area contributed by atoms with Crippen molar-refractivity contribution < 1.29 is 0 Å². The lowest BCUT2D eigenvalue weighted by molar-refractivity contribution is 0.639. The summed E-state index contributed by atoms with van der Waals surface area (Å²) in [5, 5.41) is 19.2. The Morgan fingerprint density at radius 1 is 1.12 bits per heavy atom. The molecule has 6 heteroatoms. The number of thiophene rings is 1. The molecule has 1 aliphatic carbocycles. The van der Waals surface area contributed by atoms with E-state index in [1.54, 1.807) is 17.5 Å². The van der Waals surface area contributed by atoms with Crippen LogP contribution in [0.5, 0.6) is 0 Å². The lowest BCUT2D eigenvalue weighted by atomic mass is 10.1. The highest BCUT2D eigenvalue weighted by Crippen LogP contribution is 2.40. The largest absolute Gasteiger partial charge is 0.361 e. The molecule has 3 N–H and O–H groups in total. The first-order chi connectivity index (χ1) is 16.3. The summed E-state index contributed by atoms with van der Waals surface area (Å²) in [6.07, 6.45) is 8.14. The third kappa shape index (κ3) is 3.97. The Kier molecular flexibility index (Phi) is 5.06. The molecule has 0 aliphatic heterocycles. The second-order valence-corrected chi connectivity index (χ2v) is 9.73. The number of fused-ring (bicyclic) bond motifs is 2. The van der Waals surface area contributed by atoms with Crippen LogP contribution in [0.4, 0.5) is 11.4 Å². The van der Waals surface area contributed by atoms with Crippen molar-refractivity contribution in [3.8, 4) is 16.5 Å². The van der Waals surface area contributed by atoms with Gasteiger partial charge in [0.05, 0.1) is 11.3 Å². The van der Waals surface area contributed by atoms with Gasteiger partial charge in [0.25, 0.3) is 0 Å². The van der Waals surface area contributed by atoms with Crippen LogP contribution in [0, 0.1) is 17.2 Å². The van der Waals surface area contributed by atoms with Crippen LogP contribution in [0.3, 0.4) is 0 Å². The third-order valence-corrected chi connectivity index (χ3v) is 7.38. The van der Waals surface area contributed by atoms with Gasteiger partial charge in [-0.2, -0.15) is 5.26 Å². The summed E-state index contributed by atoms with van der Waals surface area (Å²) in [7, 11) is 0. The molecule has 162 valence electrons. The molecule has 33 heavy (non-hydrogen) atoms. The monoisotopic (exact) mass is 449 g/mol. The highest BCUT2D eigenvalue weighted by atomic mass is 32.1. The average molecular weight is 450 g/mol. The summed E-state index contributed by atoms with van der Waals surface area (Å²) < 4.78 is 1.23. The molecule has 3 aromatic heterocycles. The van der Waals surface area contributed by atoms with Crippen LogP contribution >= 0.6 is 11.3 Å². The van der Waals surface area contributed by atoms with E-state index in [-0.39, 0.29) is 0 Å². The molecule has 0 atom stereocenters. The number of nitriles is 1. The number of hydrogen-bond donors (Lipinski definition) is 3. The molecule has 0 amide bonds. The van der Waals surface area contributed by atoms with Crippen LogP contribution in [0.15, 0.2) is 67.1 Å². The molecular formula is C27H23N5S. The Hall–Kier alpha value is -3.66. The van der Waals surface area contributed by atoms with Gasteiger partial charge in [0.2, 0.25) is 0 Å².